The molecule has 1 heterocycles. The summed E-state index contributed by atoms with van der Waals surface area (Å²) in [7, 11) is 0. The lowest BCUT2D eigenvalue weighted by Gasteiger charge is -2.16. The average molecular weight is 262 g/mol. The molecule has 0 saturated heterocycles. The van der Waals surface area contributed by atoms with Crippen molar-refractivity contribution < 1.29 is 0 Å². The van der Waals surface area contributed by atoms with E-state index in [0.717, 1.165) is 12.3 Å². The highest BCUT2D eigenvalue weighted by Gasteiger charge is 2.05. The second-order valence-corrected chi connectivity index (χ2v) is 6.19. The number of benzene rings is 1. The molecule has 1 atom stereocenters. The maximum Gasteiger partial charge on any atom is 0.0732 e. The first-order chi connectivity index (χ1) is 8.66. The van der Waals surface area contributed by atoms with Gasteiger partial charge in [0.1, 0.15) is 0 Å². The maximum atomic E-state index is 3.55. The summed E-state index contributed by atoms with van der Waals surface area (Å²) in [6, 6.07) is 11.2. The van der Waals surface area contributed by atoms with Crippen molar-refractivity contribution in [1.82, 2.24) is 10.3 Å². The van der Waals surface area contributed by atoms with Crippen LogP contribution in [-0.4, -0.2) is 23.3 Å². The predicted molar refractivity (Wildman–Crippen MR) is 81.3 cm³/mol. The summed E-state index contributed by atoms with van der Waals surface area (Å²) in [6.45, 7) is 7.81. The fourth-order valence-electron chi connectivity index (χ4n) is 1.81. The second kappa shape index (κ2) is 6.30. The molecule has 1 aromatic carbocycles. The normalized spacial score (nSPS) is 13.3. The first kappa shape index (κ1) is 13.5. The minimum absolute atomic E-state index is 0.591. The van der Waals surface area contributed by atoms with E-state index in [0.29, 0.717) is 12.0 Å². The molecule has 1 unspecified atom stereocenters. The molecule has 2 aromatic rings. The molecule has 0 fully saturated rings. The minimum Gasteiger partial charge on any atom is -0.350 e. The van der Waals surface area contributed by atoms with Gasteiger partial charge in [0.25, 0.3) is 0 Å². The molecule has 18 heavy (non-hydrogen) atoms. The molecule has 0 amide bonds. The van der Waals surface area contributed by atoms with Gasteiger partial charge in [-0.25, -0.2) is 0 Å². The van der Waals surface area contributed by atoms with Crippen LogP contribution in [0.4, 0.5) is 0 Å². The largest absolute Gasteiger partial charge is 0.350 e. The van der Waals surface area contributed by atoms with Crippen molar-refractivity contribution >= 4 is 22.7 Å². The monoisotopic (exact) mass is 262 g/mol. The van der Waals surface area contributed by atoms with E-state index in [1.807, 2.05) is 11.8 Å². The zero-order valence-corrected chi connectivity index (χ0v) is 12.2. The van der Waals surface area contributed by atoms with Crippen molar-refractivity contribution in [1.29, 1.82) is 0 Å². The third-order valence-corrected chi connectivity index (χ3v) is 4.27. The Morgan fingerprint density at radius 2 is 2.00 bits per heavy atom. The number of thioether (sulfide) groups is 1. The molecule has 0 aliphatic heterocycles. The zero-order chi connectivity index (χ0) is 13.0. The molecule has 0 bridgehead atoms. The van der Waals surface area contributed by atoms with E-state index in [-0.39, 0.29) is 0 Å². The Morgan fingerprint density at radius 1 is 1.22 bits per heavy atom. The van der Waals surface area contributed by atoms with Gasteiger partial charge in [-0.05, 0) is 25.0 Å². The van der Waals surface area contributed by atoms with Gasteiger partial charge in [0.2, 0.25) is 0 Å². The Balaban J connectivity index is 1.80. The van der Waals surface area contributed by atoms with E-state index in [1.165, 1.54) is 15.9 Å². The standard InChI is InChI=1S/C15H22N2S/c1-11(2)12(3)16-8-9-18-15-10-13-6-4-5-7-14(13)17-15/h4-7,10-12,16-17H,8-9H2,1-3H3. The van der Waals surface area contributed by atoms with E-state index in [4.69, 9.17) is 0 Å². The molecule has 0 spiro atoms. The first-order valence-corrected chi connectivity index (χ1v) is 7.59. The number of hydrogen-bond acceptors (Lipinski definition) is 2. The highest BCUT2D eigenvalue weighted by molar-refractivity contribution is 7.99. The summed E-state index contributed by atoms with van der Waals surface area (Å²) in [5.74, 6) is 1.80. The molecular weight excluding hydrogens is 240 g/mol. The van der Waals surface area contributed by atoms with Crippen molar-refractivity contribution in [2.75, 3.05) is 12.3 Å². The van der Waals surface area contributed by atoms with Crippen LogP contribution in [0.5, 0.6) is 0 Å². The van der Waals surface area contributed by atoms with Crippen LogP contribution in [0.1, 0.15) is 20.8 Å². The number of hydrogen-bond donors (Lipinski definition) is 2. The maximum absolute atomic E-state index is 3.55. The Morgan fingerprint density at radius 3 is 2.72 bits per heavy atom. The van der Waals surface area contributed by atoms with Gasteiger partial charge in [0.05, 0.1) is 5.03 Å². The number of nitrogens with one attached hydrogen (secondary N) is 2. The topological polar surface area (TPSA) is 27.8 Å². The van der Waals surface area contributed by atoms with Gasteiger partial charge in [-0.1, -0.05) is 32.0 Å². The lowest BCUT2D eigenvalue weighted by Crippen LogP contribution is -2.32. The molecule has 98 valence electrons. The Hall–Kier alpha value is -0.930. The molecule has 0 radical (unpaired) electrons. The van der Waals surface area contributed by atoms with E-state index >= 15 is 0 Å². The molecule has 2 nitrogen and oxygen atoms in total. The molecule has 2 rings (SSSR count). The van der Waals surface area contributed by atoms with Crippen molar-refractivity contribution in [2.24, 2.45) is 5.92 Å². The second-order valence-electron chi connectivity index (χ2n) is 5.06. The van der Waals surface area contributed by atoms with Crippen LogP contribution in [-0.2, 0) is 0 Å². The molecule has 1 aromatic heterocycles. The highest BCUT2D eigenvalue weighted by Crippen LogP contribution is 2.22. The molecular formula is C15H22N2S. The Kier molecular flexibility index (Phi) is 4.72. The molecule has 2 N–H and O–H groups in total. The quantitative estimate of drug-likeness (QED) is 0.610. The fraction of sp³-hybridized carbons (Fsp3) is 0.467. The molecule has 3 heteroatoms. The number of para-hydroxylation sites is 1. The van der Waals surface area contributed by atoms with Gasteiger partial charge in [-0.2, -0.15) is 0 Å². The van der Waals surface area contributed by atoms with Gasteiger partial charge >= 0.3 is 0 Å². The average Bonchev–Trinajstić information content (AvgIpc) is 2.76. The SMILES string of the molecule is CC(C)C(C)NCCSc1cc2ccccc2[nH]1. The van der Waals surface area contributed by atoms with Crippen molar-refractivity contribution in [3.63, 3.8) is 0 Å². The van der Waals surface area contributed by atoms with Crippen LogP contribution < -0.4 is 5.32 Å². The predicted octanol–water partition coefficient (Wildman–Crippen LogP) is 3.89. The van der Waals surface area contributed by atoms with E-state index in [1.54, 1.807) is 0 Å². The summed E-state index contributed by atoms with van der Waals surface area (Å²) >= 11 is 1.88. The summed E-state index contributed by atoms with van der Waals surface area (Å²) in [5.41, 5.74) is 1.23. The fourth-order valence-corrected chi connectivity index (χ4v) is 2.64. The molecule has 0 aliphatic carbocycles. The highest BCUT2D eigenvalue weighted by atomic mass is 32.2. The number of aromatic amines is 1. The number of H-pyrrole nitrogens is 1. The van der Waals surface area contributed by atoms with Gasteiger partial charge in [0.15, 0.2) is 0 Å². The lowest BCUT2D eigenvalue weighted by molar-refractivity contribution is 0.438. The van der Waals surface area contributed by atoms with Crippen LogP contribution in [0.15, 0.2) is 35.4 Å². The van der Waals surface area contributed by atoms with Crippen LogP contribution in [0, 0.1) is 5.92 Å². The van der Waals surface area contributed by atoms with Crippen molar-refractivity contribution in [3.05, 3.63) is 30.3 Å². The zero-order valence-electron chi connectivity index (χ0n) is 11.4. The van der Waals surface area contributed by atoms with Crippen LogP contribution in [0.3, 0.4) is 0 Å². The summed E-state index contributed by atoms with van der Waals surface area (Å²) in [5, 5.41) is 6.11. The number of rotatable bonds is 6. The lowest BCUT2D eigenvalue weighted by atomic mass is 10.1. The Bertz CT molecular complexity index is 457. The van der Waals surface area contributed by atoms with Gasteiger partial charge < -0.3 is 10.3 Å². The molecule has 0 aliphatic rings. The Labute approximate surface area is 114 Å². The smallest absolute Gasteiger partial charge is 0.0732 e. The summed E-state index contributed by atoms with van der Waals surface area (Å²) in [6.07, 6.45) is 0. The van der Waals surface area contributed by atoms with E-state index in [9.17, 15) is 0 Å². The minimum atomic E-state index is 0.591. The van der Waals surface area contributed by atoms with Crippen molar-refractivity contribution in [2.45, 2.75) is 31.8 Å². The number of aromatic nitrogens is 1. The van der Waals surface area contributed by atoms with Crippen LogP contribution in [0.2, 0.25) is 0 Å². The summed E-state index contributed by atoms with van der Waals surface area (Å²) < 4.78 is 0. The van der Waals surface area contributed by atoms with Gasteiger partial charge in [-0.15, -0.1) is 11.8 Å². The van der Waals surface area contributed by atoms with Gasteiger partial charge in [0, 0.05) is 29.2 Å². The third kappa shape index (κ3) is 3.53. The summed E-state index contributed by atoms with van der Waals surface area (Å²) in [4.78, 5) is 3.44. The van der Waals surface area contributed by atoms with Gasteiger partial charge in [-0.3, -0.25) is 0 Å². The first-order valence-electron chi connectivity index (χ1n) is 6.61. The molecule has 0 saturated carbocycles. The van der Waals surface area contributed by atoms with Crippen LogP contribution in [0.25, 0.3) is 10.9 Å². The van der Waals surface area contributed by atoms with E-state index in [2.05, 4.69) is 61.4 Å². The number of fused-ring (bicyclic) bond motifs is 1. The third-order valence-electron chi connectivity index (χ3n) is 3.33. The van der Waals surface area contributed by atoms with Crippen LogP contribution >= 0.6 is 11.8 Å². The van der Waals surface area contributed by atoms with E-state index < -0.39 is 0 Å². The van der Waals surface area contributed by atoms with Crippen molar-refractivity contribution in [3.8, 4) is 0 Å².